The van der Waals surface area contributed by atoms with Crippen LogP contribution in [0.2, 0.25) is 0 Å². The lowest BCUT2D eigenvalue weighted by Crippen LogP contribution is -2.43. The number of benzene rings is 2. The fourth-order valence-corrected chi connectivity index (χ4v) is 3.48. The van der Waals surface area contributed by atoms with Crippen molar-refractivity contribution in [3.05, 3.63) is 59.7 Å². The third-order valence-electron chi connectivity index (χ3n) is 4.85. The van der Waals surface area contributed by atoms with Crippen LogP contribution in [0.4, 0.5) is 0 Å². The summed E-state index contributed by atoms with van der Waals surface area (Å²) < 4.78 is 10.5. The zero-order valence-electron chi connectivity index (χ0n) is 13.8. The number of carbonyl (C=O) groups is 2. The van der Waals surface area contributed by atoms with Gasteiger partial charge in [-0.1, -0.05) is 36.4 Å². The molecular weight excluding hydrogens is 338 g/mol. The number of amides is 1. The van der Waals surface area contributed by atoms with E-state index in [4.69, 9.17) is 9.47 Å². The van der Waals surface area contributed by atoms with Crippen molar-refractivity contribution >= 4 is 11.9 Å². The molecule has 26 heavy (non-hydrogen) atoms. The summed E-state index contributed by atoms with van der Waals surface area (Å²) in [6, 6.07) is 13.8. The van der Waals surface area contributed by atoms with E-state index < -0.39 is 23.4 Å². The summed E-state index contributed by atoms with van der Waals surface area (Å²) in [5.74, 6) is -2.26. The summed E-state index contributed by atoms with van der Waals surface area (Å²) in [6.07, 6.45) is 0. The SMILES string of the molecule is O=C(O)C1CN(Cc2ccccc2)C(=O)C1(O)c1ccc2c(c1)OCO2. The molecule has 2 aliphatic heterocycles. The number of rotatable bonds is 4. The molecule has 0 radical (unpaired) electrons. The normalized spacial score (nSPS) is 24.1. The number of likely N-dealkylation sites (tertiary alicyclic amines) is 1. The lowest BCUT2D eigenvalue weighted by atomic mass is 9.83. The maximum atomic E-state index is 13.0. The number of aliphatic hydroxyl groups is 1. The third-order valence-corrected chi connectivity index (χ3v) is 4.85. The molecule has 0 saturated carbocycles. The van der Waals surface area contributed by atoms with E-state index in [1.54, 1.807) is 6.07 Å². The van der Waals surface area contributed by atoms with Gasteiger partial charge >= 0.3 is 5.97 Å². The zero-order valence-corrected chi connectivity index (χ0v) is 13.8. The van der Waals surface area contributed by atoms with Crippen LogP contribution in [0.15, 0.2) is 48.5 Å². The Morgan fingerprint density at radius 3 is 2.62 bits per heavy atom. The number of aliphatic carboxylic acids is 1. The number of carbonyl (C=O) groups excluding carboxylic acids is 1. The van der Waals surface area contributed by atoms with E-state index in [0.717, 1.165) is 5.56 Å². The van der Waals surface area contributed by atoms with Crippen molar-refractivity contribution in [2.45, 2.75) is 12.1 Å². The lowest BCUT2D eigenvalue weighted by molar-refractivity contribution is -0.157. The molecule has 0 spiro atoms. The van der Waals surface area contributed by atoms with Crippen LogP contribution in [0.25, 0.3) is 0 Å². The van der Waals surface area contributed by atoms with E-state index in [9.17, 15) is 19.8 Å². The number of fused-ring (bicyclic) bond motifs is 1. The monoisotopic (exact) mass is 355 g/mol. The first-order valence-corrected chi connectivity index (χ1v) is 8.18. The molecule has 0 aromatic heterocycles. The van der Waals surface area contributed by atoms with E-state index in [1.807, 2.05) is 30.3 Å². The smallest absolute Gasteiger partial charge is 0.312 e. The summed E-state index contributed by atoms with van der Waals surface area (Å²) in [6.45, 7) is 0.206. The lowest BCUT2D eigenvalue weighted by Gasteiger charge is -2.25. The van der Waals surface area contributed by atoms with Gasteiger partial charge in [-0.2, -0.15) is 0 Å². The minimum Gasteiger partial charge on any atom is -0.481 e. The maximum Gasteiger partial charge on any atom is 0.312 e. The predicted molar refractivity (Wildman–Crippen MR) is 89.4 cm³/mol. The van der Waals surface area contributed by atoms with Crippen molar-refractivity contribution in [2.24, 2.45) is 5.92 Å². The van der Waals surface area contributed by atoms with Gasteiger partial charge < -0.3 is 24.6 Å². The first kappa shape index (κ1) is 16.4. The first-order valence-electron chi connectivity index (χ1n) is 8.18. The fourth-order valence-electron chi connectivity index (χ4n) is 3.48. The molecule has 7 nitrogen and oxygen atoms in total. The Balaban J connectivity index is 1.70. The molecule has 2 aromatic carbocycles. The summed E-state index contributed by atoms with van der Waals surface area (Å²) in [4.78, 5) is 26.1. The molecule has 1 saturated heterocycles. The molecule has 1 amide bonds. The van der Waals surface area contributed by atoms with Crippen LogP contribution in [0, 0.1) is 5.92 Å². The molecule has 4 rings (SSSR count). The zero-order chi connectivity index (χ0) is 18.3. The molecule has 1 fully saturated rings. The van der Waals surface area contributed by atoms with Crippen molar-refractivity contribution in [2.75, 3.05) is 13.3 Å². The minimum absolute atomic E-state index is 0.0493. The molecule has 0 aliphatic carbocycles. The molecule has 2 atom stereocenters. The van der Waals surface area contributed by atoms with Gasteiger partial charge in [-0.15, -0.1) is 0 Å². The van der Waals surface area contributed by atoms with E-state index in [-0.39, 0.29) is 25.4 Å². The van der Waals surface area contributed by atoms with Crippen molar-refractivity contribution in [1.82, 2.24) is 4.90 Å². The average Bonchev–Trinajstić information content (AvgIpc) is 3.21. The second kappa shape index (κ2) is 6.03. The summed E-state index contributed by atoms with van der Waals surface area (Å²) in [7, 11) is 0. The Morgan fingerprint density at radius 2 is 1.88 bits per heavy atom. The van der Waals surface area contributed by atoms with Crippen molar-refractivity contribution in [1.29, 1.82) is 0 Å². The number of carboxylic acid groups (broad SMARTS) is 1. The molecule has 7 heteroatoms. The van der Waals surface area contributed by atoms with Gasteiger partial charge in [0.15, 0.2) is 17.1 Å². The number of nitrogens with zero attached hydrogens (tertiary/aromatic N) is 1. The average molecular weight is 355 g/mol. The highest BCUT2D eigenvalue weighted by atomic mass is 16.7. The Labute approximate surface area is 149 Å². The molecule has 2 unspecified atom stereocenters. The molecular formula is C19H17NO6. The van der Waals surface area contributed by atoms with Crippen LogP contribution in [-0.4, -0.2) is 40.3 Å². The highest BCUT2D eigenvalue weighted by Gasteiger charge is 2.57. The highest BCUT2D eigenvalue weighted by molar-refractivity contribution is 5.95. The van der Waals surface area contributed by atoms with Gasteiger partial charge in [-0.3, -0.25) is 9.59 Å². The third kappa shape index (κ3) is 2.48. The van der Waals surface area contributed by atoms with Crippen molar-refractivity contribution < 1.29 is 29.3 Å². The van der Waals surface area contributed by atoms with Crippen molar-refractivity contribution in [3.63, 3.8) is 0 Å². The first-order chi connectivity index (χ1) is 12.5. The van der Waals surface area contributed by atoms with Crippen molar-refractivity contribution in [3.8, 4) is 11.5 Å². The summed E-state index contributed by atoms with van der Waals surface area (Å²) in [5.41, 5.74) is -1.10. The van der Waals surface area contributed by atoms with Crippen LogP contribution in [0.3, 0.4) is 0 Å². The van der Waals surface area contributed by atoms with E-state index in [0.29, 0.717) is 11.5 Å². The molecule has 134 valence electrons. The molecule has 2 heterocycles. The van der Waals surface area contributed by atoms with Gasteiger partial charge in [0.2, 0.25) is 6.79 Å². The predicted octanol–water partition coefficient (Wildman–Crippen LogP) is 1.35. The minimum atomic E-state index is -2.15. The van der Waals surface area contributed by atoms with Gasteiger partial charge in [0, 0.05) is 13.1 Å². The van der Waals surface area contributed by atoms with Crippen LogP contribution in [0.1, 0.15) is 11.1 Å². The van der Waals surface area contributed by atoms with E-state index in [2.05, 4.69) is 0 Å². The highest BCUT2D eigenvalue weighted by Crippen LogP contribution is 2.43. The topological polar surface area (TPSA) is 96.3 Å². The number of hydrogen-bond acceptors (Lipinski definition) is 5. The van der Waals surface area contributed by atoms with E-state index in [1.165, 1.54) is 17.0 Å². The Hall–Kier alpha value is -3.06. The largest absolute Gasteiger partial charge is 0.481 e. The van der Waals surface area contributed by atoms with Crippen LogP contribution < -0.4 is 9.47 Å². The van der Waals surface area contributed by atoms with Gasteiger partial charge in [-0.25, -0.2) is 0 Å². The summed E-state index contributed by atoms with van der Waals surface area (Å²) >= 11 is 0. The summed E-state index contributed by atoms with van der Waals surface area (Å²) in [5, 5.41) is 20.8. The second-order valence-corrected chi connectivity index (χ2v) is 6.40. The van der Waals surface area contributed by atoms with Crippen LogP contribution in [0.5, 0.6) is 11.5 Å². The van der Waals surface area contributed by atoms with Crippen LogP contribution >= 0.6 is 0 Å². The van der Waals surface area contributed by atoms with Gasteiger partial charge in [-0.05, 0) is 23.3 Å². The molecule has 2 N–H and O–H groups in total. The molecule has 2 aliphatic rings. The van der Waals surface area contributed by atoms with E-state index >= 15 is 0 Å². The van der Waals surface area contributed by atoms with Gasteiger partial charge in [0.25, 0.3) is 5.91 Å². The maximum absolute atomic E-state index is 13.0. The molecule has 2 aromatic rings. The number of hydrogen-bond donors (Lipinski definition) is 2. The second-order valence-electron chi connectivity index (χ2n) is 6.40. The Morgan fingerprint density at radius 1 is 1.15 bits per heavy atom. The quantitative estimate of drug-likeness (QED) is 0.859. The van der Waals surface area contributed by atoms with Gasteiger partial charge in [0.1, 0.15) is 5.92 Å². The number of ether oxygens (including phenoxy) is 2. The van der Waals surface area contributed by atoms with Crippen LogP contribution in [-0.2, 0) is 21.7 Å². The molecule has 0 bridgehead atoms. The Kier molecular flexibility index (Phi) is 3.81. The Bertz CT molecular complexity index is 868. The number of carboxylic acids is 1. The van der Waals surface area contributed by atoms with Gasteiger partial charge in [0.05, 0.1) is 0 Å². The fraction of sp³-hybridized carbons (Fsp3) is 0.263. The standard InChI is InChI=1S/C19H17NO6/c21-17(22)14-10-20(9-12-4-2-1-3-5-12)18(23)19(14,24)13-6-7-15-16(8-13)26-11-25-15/h1-8,14,24H,9-11H2,(H,21,22).